The molecular weight excluding hydrogens is 347 g/mol. The standard InChI is InChI=1S/C25H21FN2/c1-15-23(19-10-3-5-12-21(19)27-15)25(17-8-7-9-18(26)14-17)24-16(2)28-22-13-6-4-11-20(22)24/h3-14,25,27-28H,1-2H3. The van der Waals surface area contributed by atoms with Crippen molar-refractivity contribution in [1.82, 2.24) is 9.97 Å². The maximum Gasteiger partial charge on any atom is 0.123 e. The van der Waals surface area contributed by atoms with E-state index in [1.807, 2.05) is 18.2 Å². The molecule has 2 aromatic heterocycles. The summed E-state index contributed by atoms with van der Waals surface area (Å²) < 4.78 is 14.2. The van der Waals surface area contributed by atoms with Crippen molar-refractivity contribution in [1.29, 1.82) is 0 Å². The summed E-state index contributed by atoms with van der Waals surface area (Å²) >= 11 is 0. The van der Waals surface area contributed by atoms with Crippen LogP contribution >= 0.6 is 0 Å². The lowest BCUT2D eigenvalue weighted by Gasteiger charge is -2.20. The minimum Gasteiger partial charge on any atom is -0.358 e. The molecule has 0 aliphatic carbocycles. The quantitative estimate of drug-likeness (QED) is 0.360. The molecule has 0 amide bonds. The van der Waals surface area contributed by atoms with Crippen LogP contribution in [0.25, 0.3) is 21.8 Å². The van der Waals surface area contributed by atoms with E-state index in [2.05, 4.69) is 60.2 Å². The third-order valence-corrected chi connectivity index (χ3v) is 5.65. The third kappa shape index (κ3) is 2.55. The zero-order valence-electron chi connectivity index (χ0n) is 15.9. The second-order valence-corrected chi connectivity index (χ2v) is 7.41. The van der Waals surface area contributed by atoms with E-state index in [4.69, 9.17) is 0 Å². The number of nitrogens with one attached hydrogen (secondary N) is 2. The molecule has 0 aliphatic rings. The van der Waals surface area contributed by atoms with Gasteiger partial charge in [0.25, 0.3) is 0 Å². The summed E-state index contributed by atoms with van der Waals surface area (Å²) in [6.45, 7) is 4.21. The van der Waals surface area contributed by atoms with Crippen LogP contribution < -0.4 is 0 Å². The highest BCUT2D eigenvalue weighted by atomic mass is 19.1. The molecule has 2 heterocycles. The van der Waals surface area contributed by atoms with Crippen molar-refractivity contribution in [3.63, 3.8) is 0 Å². The Balaban J connectivity index is 1.88. The second kappa shape index (κ2) is 6.38. The van der Waals surface area contributed by atoms with Gasteiger partial charge in [0.2, 0.25) is 0 Å². The van der Waals surface area contributed by atoms with Crippen LogP contribution in [0.15, 0.2) is 72.8 Å². The minimum atomic E-state index is -0.211. The van der Waals surface area contributed by atoms with Crippen LogP contribution in [-0.2, 0) is 0 Å². The number of halogens is 1. The van der Waals surface area contributed by atoms with Crippen molar-refractivity contribution >= 4 is 21.8 Å². The van der Waals surface area contributed by atoms with E-state index >= 15 is 0 Å². The molecule has 0 atom stereocenters. The Morgan fingerprint density at radius 3 is 1.75 bits per heavy atom. The Morgan fingerprint density at radius 1 is 0.679 bits per heavy atom. The van der Waals surface area contributed by atoms with Gasteiger partial charge in [-0.25, -0.2) is 4.39 Å². The van der Waals surface area contributed by atoms with Gasteiger partial charge in [-0.15, -0.1) is 0 Å². The highest BCUT2D eigenvalue weighted by Gasteiger charge is 2.27. The number of hydrogen-bond acceptors (Lipinski definition) is 0. The molecule has 0 bridgehead atoms. The first-order valence-corrected chi connectivity index (χ1v) is 9.53. The van der Waals surface area contributed by atoms with E-state index in [-0.39, 0.29) is 11.7 Å². The highest BCUT2D eigenvalue weighted by Crippen LogP contribution is 2.42. The number of rotatable bonds is 3. The number of benzene rings is 3. The molecule has 3 aromatic carbocycles. The van der Waals surface area contributed by atoms with Crippen molar-refractivity contribution in [3.8, 4) is 0 Å². The highest BCUT2D eigenvalue weighted by molar-refractivity contribution is 5.90. The third-order valence-electron chi connectivity index (χ3n) is 5.65. The molecule has 138 valence electrons. The van der Waals surface area contributed by atoms with Crippen LogP contribution in [-0.4, -0.2) is 9.97 Å². The maximum atomic E-state index is 14.2. The lowest BCUT2D eigenvalue weighted by Crippen LogP contribution is -2.06. The molecule has 0 saturated heterocycles. The molecule has 2 N–H and O–H groups in total. The van der Waals surface area contributed by atoms with Gasteiger partial charge in [0, 0.05) is 39.1 Å². The van der Waals surface area contributed by atoms with Crippen LogP contribution in [0.3, 0.4) is 0 Å². The summed E-state index contributed by atoms with van der Waals surface area (Å²) in [5, 5.41) is 2.36. The summed E-state index contributed by atoms with van der Waals surface area (Å²) in [6, 6.07) is 23.7. The number of aromatic amines is 2. The van der Waals surface area contributed by atoms with Crippen molar-refractivity contribution in [3.05, 3.63) is 107 Å². The van der Waals surface area contributed by atoms with Gasteiger partial charge in [0.15, 0.2) is 0 Å². The number of hydrogen-bond donors (Lipinski definition) is 2. The largest absolute Gasteiger partial charge is 0.358 e. The predicted molar refractivity (Wildman–Crippen MR) is 113 cm³/mol. The van der Waals surface area contributed by atoms with Gasteiger partial charge >= 0.3 is 0 Å². The number of aromatic nitrogens is 2. The van der Waals surface area contributed by atoms with Crippen LogP contribution in [0.1, 0.15) is 34.0 Å². The minimum absolute atomic E-state index is 0.0667. The van der Waals surface area contributed by atoms with Gasteiger partial charge in [-0.2, -0.15) is 0 Å². The fourth-order valence-corrected chi connectivity index (χ4v) is 4.50. The second-order valence-electron chi connectivity index (χ2n) is 7.41. The fraction of sp³-hybridized carbons (Fsp3) is 0.120. The Labute approximate surface area is 163 Å². The maximum absolute atomic E-state index is 14.2. The molecule has 3 heteroatoms. The molecule has 28 heavy (non-hydrogen) atoms. The monoisotopic (exact) mass is 368 g/mol. The topological polar surface area (TPSA) is 31.6 Å². The zero-order valence-corrected chi connectivity index (χ0v) is 15.9. The van der Waals surface area contributed by atoms with Crippen LogP contribution in [0.4, 0.5) is 4.39 Å². The first-order valence-electron chi connectivity index (χ1n) is 9.53. The Bertz CT molecular complexity index is 1230. The summed E-state index contributed by atoms with van der Waals surface area (Å²) in [6.07, 6.45) is 0. The van der Waals surface area contributed by atoms with E-state index in [9.17, 15) is 4.39 Å². The molecule has 2 nitrogen and oxygen atoms in total. The smallest absolute Gasteiger partial charge is 0.123 e. The molecule has 5 rings (SSSR count). The molecule has 0 saturated carbocycles. The van der Waals surface area contributed by atoms with Crippen LogP contribution in [0.5, 0.6) is 0 Å². The predicted octanol–water partition coefficient (Wildman–Crippen LogP) is 6.59. The molecule has 0 spiro atoms. The van der Waals surface area contributed by atoms with Crippen molar-refractivity contribution in [2.45, 2.75) is 19.8 Å². The van der Waals surface area contributed by atoms with Crippen molar-refractivity contribution in [2.75, 3.05) is 0 Å². The first-order chi connectivity index (χ1) is 13.6. The number of para-hydroxylation sites is 2. The van der Waals surface area contributed by atoms with E-state index in [0.717, 1.165) is 28.0 Å². The summed E-state index contributed by atoms with van der Waals surface area (Å²) in [7, 11) is 0. The number of fused-ring (bicyclic) bond motifs is 2. The lowest BCUT2D eigenvalue weighted by atomic mass is 9.82. The van der Waals surface area contributed by atoms with Gasteiger partial charge < -0.3 is 9.97 Å². The van der Waals surface area contributed by atoms with Crippen LogP contribution in [0.2, 0.25) is 0 Å². The van der Waals surface area contributed by atoms with E-state index < -0.39 is 0 Å². The van der Waals surface area contributed by atoms with E-state index in [0.29, 0.717) is 0 Å². The molecule has 0 fully saturated rings. The summed E-state index contributed by atoms with van der Waals surface area (Å²) in [5.41, 5.74) is 7.80. The SMILES string of the molecule is Cc1[nH]c2ccccc2c1C(c1cccc(F)c1)c1c(C)[nH]c2ccccc12. The van der Waals surface area contributed by atoms with E-state index in [1.165, 1.54) is 28.0 Å². The summed E-state index contributed by atoms with van der Waals surface area (Å²) in [4.78, 5) is 7.03. The average Bonchev–Trinajstić information content (AvgIpc) is 3.19. The summed E-state index contributed by atoms with van der Waals surface area (Å²) in [5.74, 6) is -0.277. The van der Waals surface area contributed by atoms with Gasteiger partial charge in [-0.05, 0) is 54.8 Å². The Hall–Kier alpha value is -3.33. The van der Waals surface area contributed by atoms with Crippen LogP contribution in [0, 0.1) is 19.7 Å². The molecular formula is C25H21FN2. The van der Waals surface area contributed by atoms with Crippen molar-refractivity contribution < 1.29 is 4.39 Å². The Morgan fingerprint density at radius 2 is 1.21 bits per heavy atom. The number of aryl methyl sites for hydroxylation is 2. The fourth-order valence-electron chi connectivity index (χ4n) is 4.50. The van der Waals surface area contributed by atoms with Gasteiger partial charge in [-0.3, -0.25) is 0 Å². The molecule has 5 aromatic rings. The number of H-pyrrole nitrogens is 2. The lowest BCUT2D eigenvalue weighted by molar-refractivity contribution is 0.625. The van der Waals surface area contributed by atoms with Gasteiger partial charge in [0.05, 0.1) is 0 Å². The van der Waals surface area contributed by atoms with Crippen molar-refractivity contribution in [2.24, 2.45) is 0 Å². The average molecular weight is 368 g/mol. The Kier molecular flexibility index (Phi) is 3.83. The zero-order chi connectivity index (χ0) is 19.3. The van der Waals surface area contributed by atoms with Gasteiger partial charge in [-0.1, -0.05) is 48.5 Å². The normalized spacial score (nSPS) is 11.7. The van der Waals surface area contributed by atoms with E-state index in [1.54, 1.807) is 12.1 Å². The van der Waals surface area contributed by atoms with Gasteiger partial charge in [0.1, 0.15) is 5.82 Å². The first kappa shape index (κ1) is 16.8. The molecule has 0 unspecified atom stereocenters. The molecule has 0 aliphatic heterocycles. The molecule has 0 radical (unpaired) electrons.